The Morgan fingerprint density at radius 2 is 1.38 bits per heavy atom. The van der Waals surface area contributed by atoms with Crippen molar-refractivity contribution < 1.29 is 13.6 Å². The van der Waals surface area contributed by atoms with Crippen LogP contribution in [0.3, 0.4) is 0 Å². The summed E-state index contributed by atoms with van der Waals surface area (Å²) in [7, 11) is 0. The van der Waals surface area contributed by atoms with Gasteiger partial charge in [0.05, 0.1) is 0 Å². The van der Waals surface area contributed by atoms with Crippen LogP contribution in [0.4, 0.5) is 30.9 Å². The predicted octanol–water partition coefficient (Wildman–Crippen LogP) is 3.10. The van der Waals surface area contributed by atoms with Crippen molar-refractivity contribution in [2.75, 3.05) is 54.4 Å². The number of aromatic nitrogens is 2. The third-order valence-electron chi connectivity index (χ3n) is 5.32. The average molecular weight is 402 g/mol. The van der Waals surface area contributed by atoms with E-state index in [2.05, 4.69) is 25.1 Å². The van der Waals surface area contributed by atoms with Gasteiger partial charge in [0, 0.05) is 57.1 Å². The Labute approximate surface area is 168 Å². The molecule has 9 heteroatoms. The molecule has 0 radical (unpaired) electrons. The Kier molecular flexibility index (Phi) is 5.73. The van der Waals surface area contributed by atoms with Gasteiger partial charge in [-0.25, -0.2) is 23.5 Å². The fourth-order valence-corrected chi connectivity index (χ4v) is 3.77. The number of amides is 2. The molecule has 1 aromatic carbocycles. The van der Waals surface area contributed by atoms with Gasteiger partial charge in [-0.3, -0.25) is 0 Å². The zero-order valence-corrected chi connectivity index (χ0v) is 16.2. The molecule has 4 rings (SSSR count). The first-order chi connectivity index (χ1) is 14.1. The first-order valence-electron chi connectivity index (χ1n) is 9.92. The van der Waals surface area contributed by atoms with Crippen LogP contribution >= 0.6 is 0 Å². The van der Waals surface area contributed by atoms with Crippen LogP contribution in [0.5, 0.6) is 0 Å². The van der Waals surface area contributed by atoms with E-state index in [-0.39, 0.29) is 11.7 Å². The molecule has 0 spiro atoms. The van der Waals surface area contributed by atoms with Crippen molar-refractivity contribution in [1.82, 2.24) is 14.9 Å². The molecule has 2 aliphatic heterocycles. The summed E-state index contributed by atoms with van der Waals surface area (Å²) in [6.45, 7) is 4.28. The van der Waals surface area contributed by atoms with Gasteiger partial charge in [0.15, 0.2) is 0 Å². The maximum Gasteiger partial charge on any atom is 0.321 e. The minimum atomic E-state index is -0.724. The van der Waals surface area contributed by atoms with Crippen LogP contribution in [0, 0.1) is 11.6 Å². The number of rotatable bonds is 3. The lowest BCUT2D eigenvalue weighted by molar-refractivity contribution is 0.208. The van der Waals surface area contributed by atoms with Crippen LogP contribution in [0.1, 0.15) is 19.3 Å². The molecule has 1 N–H and O–H groups in total. The summed E-state index contributed by atoms with van der Waals surface area (Å²) in [5, 5.41) is 2.56. The van der Waals surface area contributed by atoms with Gasteiger partial charge in [0.2, 0.25) is 0 Å². The highest BCUT2D eigenvalue weighted by molar-refractivity contribution is 5.89. The summed E-state index contributed by atoms with van der Waals surface area (Å²) in [6, 6.07) is 4.61. The molecule has 3 heterocycles. The molecule has 7 nitrogen and oxygen atoms in total. The van der Waals surface area contributed by atoms with Crippen molar-refractivity contribution in [3.05, 3.63) is 42.2 Å². The minimum absolute atomic E-state index is 0.108. The Bertz CT molecular complexity index is 846. The van der Waals surface area contributed by atoms with E-state index >= 15 is 0 Å². The highest BCUT2D eigenvalue weighted by Gasteiger charge is 2.23. The smallest absolute Gasteiger partial charge is 0.321 e. The van der Waals surface area contributed by atoms with E-state index < -0.39 is 11.6 Å². The minimum Gasteiger partial charge on any atom is -0.356 e. The number of hydrogen-bond acceptors (Lipinski definition) is 5. The largest absolute Gasteiger partial charge is 0.356 e. The highest BCUT2D eigenvalue weighted by Crippen LogP contribution is 2.22. The number of benzene rings is 1. The molecule has 2 saturated heterocycles. The Morgan fingerprint density at radius 3 is 2.00 bits per heavy atom. The van der Waals surface area contributed by atoms with E-state index in [1.165, 1.54) is 19.3 Å². The second-order valence-electron chi connectivity index (χ2n) is 7.34. The monoisotopic (exact) mass is 402 g/mol. The molecule has 0 unspecified atom stereocenters. The normalized spacial score (nSPS) is 17.4. The van der Waals surface area contributed by atoms with E-state index in [0.29, 0.717) is 26.2 Å². The highest BCUT2D eigenvalue weighted by atomic mass is 19.1. The summed E-state index contributed by atoms with van der Waals surface area (Å²) in [4.78, 5) is 27.3. The van der Waals surface area contributed by atoms with E-state index in [4.69, 9.17) is 0 Å². The number of nitrogens with zero attached hydrogens (tertiary/aromatic N) is 5. The Balaban J connectivity index is 1.35. The number of halogens is 2. The van der Waals surface area contributed by atoms with Crippen LogP contribution in [-0.4, -0.2) is 60.2 Å². The number of carbonyl (C=O) groups excluding carboxylic acids is 1. The van der Waals surface area contributed by atoms with Gasteiger partial charge in [-0.15, -0.1) is 0 Å². The molecular formula is C20H24F2N6O. The molecule has 0 aliphatic carbocycles. The van der Waals surface area contributed by atoms with Crippen LogP contribution in [0.25, 0.3) is 0 Å². The number of piperazine rings is 1. The first kappa shape index (κ1) is 19.4. The number of carbonyl (C=O) groups is 1. The number of nitrogens with one attached hydrogen (secondary N) is 1. The predicted molar refractivity (Wildman–Crippen MR) is 107 cm³/mol. The number of piperidine rings is 1. The van der Waals surface area contributed by atoms with Gasteiger partial charge in [0.25, 0.3) is 0 Å². The fraction of sp³-hybridized carbons (Fsp3) is 0.450. The molecular weight excluding hydrogens is 378 g/mol. The SMILES string of the molecule is O=C(Nc1cc(F)cc(F)c1)N1CCN(c2cc(N3CCCCC3)ncn2)CC1. The van der Waals surface area contributed by atoms with Gasteiger partial charge in [-0.1, -0.05) is 0 Å². The van der Waals surface area contributed by atoms with E-state index in [9.17, 15) is 13.6 Å². The molecule has 0 bridgehead atoms. The van der Waals surface area contributed by atoms with Crippen molar-refractivity contribution in [3.63, 3.8) is 0 Å². The van der Waals surface area contributed by atoms with Crippen LogP contribution in [0.2, 0.25) is 0 Å². The van der Waals surface area contributed by atoms with Crippen molar-refractivity contribution in [2.24, 2.45) is 0 Å². The average Bonchev–Trinajstić information content (AvgIpc) is 2.74. The molecule has 2 aromatic rings. The second-order valence-corrected chi connectivity index (χ2v) is 7.34. The Hall–Kier alpha value is -2.97. The Morgan fingerprint density at radius 1 is 0.793 bits per heavy atom. The number of urea groups is 1. The van der Waals surface area contributed by atoms with Crippen molar-refractivity contribution in [3.8, 4) is 0 Å². The van der Waals surface area contributed by atoms with Gasteiger partial charge < -0.3 is 20.0 Å². The summed E-state index contributed by atoms with van der Waals surface area (Å²) in [6.07, 6.45) is 5.22. The first-order valence-corrected chi connectivity index (χ1v) is 9.92. The second kappa shape index (κ2) is 8.59. The molecule has 1 aromatic heterocycles. The lowest BCUT2D eigenvalue weighted by Crippen LogP contribution is -2.50. The maximum atomic E-state index is 13.3. The van der Waals surface area contributed by atoms with Gasteiger partial charge in [-0.2, -0.15) is 0 Å². The fourth-order valence-electron chi connectivity index (χ4n) is 3.77. The molecule has 0 atom stereocenters. The molecule has 2 fully saturated rings. The van der Waals surface area contributed by atoms with E-state index in [1.54, 1.807) is 11.2 Å². The van der Waals surface area contributed by atoms with Gasteiger partial charge >= 0.3 is 6.03 Å². The molecule has 0 saturated carbocycles. The topological polar surface area (TPSA) is 64.6 Å². The quantitative estimate of drug-likeness (QED) is 0.855. The zero-order chi connectivity index (χ0) is 20.2. The molecule has 154 valence electrons. The zero-order valence-electron chi connectivity index (χ0n) is 16.2. The third kappa shape index (κ3) is 4.72. The number of anilines is 3. The lowest BCUT2D eigenvalue weighted by atomic mass is 10.1. The van der Waals surface area contributed by atoms with Gasteiger partial charge in [0.1, 0.15) is 29.6 Å². The summed E-state index contributed by atoms with van der Waals surface area (Å²) >= 11 is 0. The van der Waals surface area contributed by atoms with Crippen LogP contribution in [0.15, 0.2) is 30.6 Å². The maximum absolute atomic E-state index is 13.3. The number of hydrogen-bond donors (Lipinski definition) is 1. The van der Waals surface area contributed by atoms with Gasteiger partial charge in [-0.05, 0) is 31.4 Å². The molecule has 2 aliphatic rings. The third-order valence-corrected chi connectivity index (χ3v) is 5.32. The summed E-state index contributed by atoms with van der Waals surface area (Å²) in [5.41, 5.74) is 0.108. The molecule has 29 heavy (non-hydrogen) atoms. The van der Waals surface area contributed by atoms with Crippen molar-refractivity contribution in [1.29, 1.82) is 0 Å². The van der Waals surface area contributed by atoms with Crippen LogP contribution < -0.4 is 15.1 Å². The summed E-state index contributed by atoms with van der Waals surface area (Å²) < 4.78 is 26.6. The van der Waals surface area contributed by atoms with Crippen molar-refractivity contribution in [2.45, 2.75) is 19.3 Å². The van der Waals surface area contributed by atoms with Crippen molar-refractivity contribution >= 4 is 23.4 Å². The summed E-state index contributed by atoms with van der Waals surface area (Å²) in [5.74, 6) is 0.354. The lowest BCUT2D eigenvalue weighted by Gasteiger charge is -2.36. The van der Waals surface area contributed by atoms with E-state index in [0.717, 1.165) is 42.9 Å². The molecule has 2 amide bonds. The van der Waals surface area contributed by atoms with E-state index in [1.807, 2.05) is 6.07 Å². The standard InChI is InChI=1S/C20H24F2N6O/c21-15-10-16(22)12-17(11-15)25-20(29)28-8-6-27(7-9-28)19-13-18(23-14-24-19)26-4-2-1-3-5-26/h10-14H,1-9H2,(H,25,29). The van der Waals surface area contributed by atoms with Crippen LogP contribution in [-0.2, 0) is 0 Å².